The standard InChI is InChI=1S/C14H25N3/c1-4-9-17-14(6-8-16-17)12-5-7-15-13(12)10-11(2)3/h6,8,11-13,15H,4-5,7,9-10H2,1-3H3. The Balaban J connectivity index is 2.11. The predicted molar refractivity (Wildman–Crippen MR) is 71.1 cm³/mol. The third-order valence-corrected chi connectivity index (χ3v) is 3.64. The van der Waals surface area contributed by atoms with Gasteiger partial charge in [-0.15, -0.1) is 0 Å². The monoisotopic (exact) mass is 235 g/mol. The number of aryl methyl sites for hydroxylation is 1. The van der Waals surface area contributed by atoms with E-state index in [0.29, 0.717) is 12.0 Å². The number of hydrogen-bond donors (Lipinski definition) is 1. The molecule has 1 aromatic rings. The van der Waals surface area contributed by atoms with Gasteiger partial charge >= 0.3 is 0 Å². The molecule has 3 nitrogen and oxygen atoms in total. The SMILES string of the molecule is CCCn1nccc1C1CCNC1CC(C)C. The maximum Gasteiger partial charge on any atom is 0.0492 e. The quantitative estimate of drug-likeness (QED) is 0.850. The summed E-state index contributed by atoms with van der Waals surface area (Å²) in [5, 5.41) is 8.11. The molecule has 0 amide bonds. The fourth-order valence-corrected chi connectivity index (χ4v) is 2.93. The number of aromatic nitrogens is 2. The minimum atomic E-state index is 0.641. The van der Waals surface area contributed by atoms with Crippen molar-refractivity contribution in [3.8, 4) is 0 Å². The Morgan fingerprint density at radius 1 is 1.53 bits per heavy atom. The number of hydrogen-bond acceptors (Lipinski definition) is 2. The van der Waals surface area contributed by atoms with Crippen molar-refractivity contribution < 1.29 is 0 Å². The van der Waals surface area contributed by atoms with Crippen molar-refractivity contribution in [1.29, 1.82) is 0 Å². The lowest BCUT2D eigenvalue weighted by Gasteiger charge is -2.22. The lowest BCUT2D eigenvalue weighted by molar-refractivity contribution is 0.415. The largest absolute Gasteiger partial charge is 0.313 e. The smallest absolute Gasteiger partial charge is 0.0492 e. The minimum Gasteiger partial charge on any atom is -0.313 e. The van der Waals surface area contributed by atoms with Gasteiger partial charge in [0.15, 0.2) is 0 Å². The van der Waals surface area contributed by atoms with E-state index in [1.807, 2.05) is 6.20 Å². The summed E-state index contributed by atoms with van der Waals surface area (Å²) < 4.78 is 2.20. The first-order chi connectivity index (χ1) is 8.22. The fraction of sp³-hybridized carbons (Fsp3) is 0.786. The minimum absolute atomic E-state index is 0.641. The molecule has 0 aliphatic carbocycles. The maximum absolute atomic E-state index is 4.45. The second kappa shape index (κ2) is 5.67. The molecule has 1 fully saturated rings. The van der Waals surface area contributed by atoms with Gasteiger partial charge in [-0.2, -0.15) is 5.10 Å². The van der Waals surface area contributed by atoms with E-state index in [4.69, 9.17) is 0 Å². The molecule has 2 rings (SSSR count). The molecule has 0 spiro atoms. The third-order valence-electron chi connectivity index (χ3n) is 3.64. The highest BCUT2D eigenvalue weighted by Gasteiger charge is 2.30. The van der Waals surface area contributed by atoms with Crippen LogP contribution < -0.4 is 5.32 Å². The van der Waals surface area contributed by atoms with Crippen LogP contribution in [0.5, 0.6) is 0 Å². The van der Waals surface area contributed by atoms with Crippen LogP contribution in [0.1, 0.15) is 51.6 Å². The molecule has 0 saturated carbocycles. The van der Waals surface area contributed by atoms with E-state index in [1.54, 1.807) is 0 Å². The van der Waals surface area contributed by atoms with E-state index in [9.17, 15) is 0 Å². The first-order valence-corrected chi connectivity index (χ1v) is 6.97. The number of rotatable bonds is 5. The van der Waals surface area contributed by atoms with Crippen LogP contribution in [0.15, 0.2) is 12.3 Å². The molecule has 1 aliphatic rings. The van der Waals surface area contributed by atoms with Crippen LogP contribution in [0.4, 0.5) is 0 Å². The van der Waals surface area contributed by atoms with E-state index in [2.05, 4.69) is 41.9 Å². The van der Waals surface area contributed by atoms with Crippen LogP contribution in [-0.2, 0) is 6.54 Å². The molecule has 1 N–H and O–H groups in total. The van der Waals surface area contributed by atoms with Crippen molar-refractivity contribution in [3.63, 3.8) is 0 Å². The van der Waals surface area contributed by atoms with Crippen LogP contribution in [0.3, 0.4) is 0 Å². The van der Waals surface area contributed by atoms with Gasteiger partial charge in [0, 0.05) is 30.4 Å². The molecule has 3 heteroatoms. The lowest BCUT2D eigenvalue weighted by atomic mass is 9.90. The van der Waals surface area contributed by atoms with Crippen molar-refractivity contribution in [1.82, 2.24) is 15.1 Å². The average molecular weight is 235 g/mol. The first-order valence-electron chi connectivity index (χ1n) is 6.97. The van der Waals surface area contributed by atoms with Gasteiger partial charge in [-0.25, -0.2) is 0 Å². The van der Waals surface area contributed by atoms with Gasteiger partial charge in [-0.05, 0) is 37.8 Å². The van der Waals surface area contributed by atoms with Crippen LogP contribution in [-0.4, -0.2) is 22.4 Å². The summed E-state index contributed by atoms with van der Waals surface area (Å²) in [6.07, 6.45) is 5.63. The normalized spacial score (nSPS) is 24.7. The molecule has 0 aromatic carbocycles. The highest BCUT2D eigenvalue weighted by Crippen LogP contribution is 2.31. The first kappa shape index (κ1) is 12.6. The van der Waals surface area contributed by atoms with Gasteiger partial charge in [0.25, 0.3) is 0 Å². The zero-order valence-electron chi connectivity index (χ0n) is 11.3. The van der Waals surface area contributed by atoms with Crippen LogP contribution in [0.25, 0.3) is 0 Å². The summed E-state index contributed by atoms with van der Waals surface area (Å²) in [6.45, 7) is 9.03. The molecule has 2 atom stereocenters. The van der Waals surface area contributed by atoms with Gasteiger partial charge in [0.2, 0.25) is 0 Å². The Bertz CT molecular complexity index is 343. The van der Waals surface area contributed by atoms with Crippen molar-refractivity contribution in [2.45, 2.75) is 58.5 Å². The third kappa shape index (κ3) is 2.89. The molecular weight excluding hydrogens is 210 g/mol. The Morgan fingerprint density at radius 2 is 2.35 bits per heavy atom. The van der Waals surface area contributed by atoms with Crippen molar-refractivity contribution in [2.75, 3.05) is 6.54 Å². The summed E-state index contributed by atoms with van der Waals surface area (Å²) in [5.41, 5.74) is 1.43. The van der Waals surface area contributed by atoms with Crippen LogP contribution in [0.2, 0.25) is 0 Å². The Labute approximate surface area is 105 Å². The van der Waals surface area contributed by atoms with E-state index in [1.165, 1.54) is 18.5 Å². The number of nitrogens with one attached hydrogen (secondary N) is 1. The lowest BCUT2D eigenvalue weighted by Crippen LogP contribution is -2.28. The average Bonchev–Trinajstić information content (AvgIpc) is 2.86. The fourth-order valence-electron chi connectivity index (χ4n) is 2.93. The van der Waals surface area contributed by atoms with Crippen molar-refractivity contribution in [2.24, 2.45) is 5.92 Å². The zero-order valence-corrected chi connectivity index (χ0v) is 11.3. The molecule has 1 saturated heterocycles. The van der Waals surface area contributed by atoms with Crippen molar-refractivity contribution in [3.05, 3.63) is 18.0 Å². The molecule has 1 aromatic heterocycles. The van der Waals surface area contributed by atoms with Gasteiger partial charge in [-0.1, -0.05) is 20.8 Å². The summed E-state index contributed by atoms with van der Waals surface area (Å²) in [7, 11) is 0. The molecule has 2 unspecified atom stereocenters. The molecule has 1 aliphatic heterocycles. The molecule has 17 heavy (non-hydrogen) atoms. The van der Waals surface area contributed by atoms with Gasteiger partial charge in [0.1, 0.15) is 0 Å². The molecule has 2 heterocycles. The Morgan fingerprint density at radius 3 is 3.06 bits per heavy atom. The highest BCUT2D eigenvalue weighted by atomic mass is 15.3. The summed E-state index contributed by atoms with van der Waals surface area (Å²) >= 11 is 0. The Kier molecular flexibility index (Phi) is 4.21. The van der Waals surface area contributed by atoms with E-state index >= 15 is 0 Å². The summed E-state index contributed by atoms with van der Waals surface area (Å²) in [4.78, 5) is 0. The number of nitrogens with zero attached hydrogens (tertiary/aromatic N) is 2. The van der Waals surface area contributed by atoms with Gasteiger partial charge in [0.05, 0.1) is 0 Å². The topological polar surface area (TPSA) is 29.9 Å². The molecular formula is C14H25N3. The predicted octanol–water partition coefficient (Wildman–Crippen LogP) is 2.78. The van der Waals surface area contributed by atoms with E-state index in [-0.39, 0.29) is 0 Å². The Hall–Kier alpha value is -0.830. The molecule has 96 valence electrons. The molecule has 0 bridgehead atoms. The van der Waals surface area contributed by atoms with Gasteiger partial charge < -0.3 is 5.32 Å². The van der Waals surface area contributed by atoms with Crippen LogP contribution in [0, 0.1) is 5.92 Å². The van der Waals surface area contributed by atoms with Gasteiger partial charge in [-0.3, -0.25) is 4.68 Å². The zero-order chi connectivity index (χ0) is 12.3. The second-order valence-corrected chi connectivity index (χ2v) is 5.56. The highest BCUT2D eigenvalue weighted by molar-refractivity contribution is 5.13. The summed E-state index contributed by atoms with van der Waals surface area (Å²) in [5.74, 6) is 1.42. The van der Waals surface area contributed by atoms with E-state index in [0.717, 1.165) is 25.4 Å². The van der Waals surface area contributed by atoms with Crippen LogP contribution >= 0.6 is 0 Å². The molecule has 0 radical (unpaired) electrons. The second-order valence-electron chi connectivity index (χ2n) is 5.56. The summed E-state index contributed by atoms with van der Waals surface area (Å²) in [6, 6.07) is 2.85. The van der Waals surface area contributed by atoms with Crippen molar-refractivity contribution >= 4 is 0 Å². The maximum atomic E-state index is 4.45. The van der Waals surface area contributed by atoms with E-state index < -0.39 is 0 Å².